The summed E-state index contributed by atoms with van der Waals surface area (Å²) in [6, 6.07) is 10.1. The minimum atomic E-state index is 0.730. The highest BCUT2D eigenvalue weighted by Crippen LogP contribution is 2.38. The third-order valence-corrected chi connectivity index (χ3v) is 5.15. The zero-order valence-electron chi connectivity index (χ0n) is 12.8. The first kappa shape index (κ1) is 14.1. The van der Waals surface area contributed by atoms with Gasteiger partial charge in [-0.25, -0.2) is 0 Å². The summed E-state index contributed by atoms with van der Waals surface area (Å²) in [4.78, 5) is 0. The maximum atomic E-state index is 8.86. The Balaban J connectivity index is 1.64. The minimum absolute atomic E-state index is 0.730. The van der Waals surface area contributed by atoms with Crippen molar-refractivity contribution < 1.29 is 0 Å². The topological polar surface area (TPSA) is 23.8 Å². The first-order valence-electron chi connectivity index (χ1n) is 8.15. The Kier molecular flexibility index (Phi) is 4.25. The van der Waals surface area contributed by atoms with E-state index in [1.807, 2.05) is 12.1 Å². The van der Waals surface area contributed by atoms with Crippen molar-refractivity contribution in [3.8, 4) is 6.07 Å². The summed E-state index contributed by atoms with van der Waals surface area (Å²) in [6.45, 7) is 2.38. The molecule has 0 bridgehead atoms. The first-order chi connectivity index (χ1) is 10.3. The molecule has 0 radical (unpaired) electrons. The summed E-state index contributed by atoms with van der Waals surface area (Å²) in [6.07, 6.45) is 13.9. The molecule has 0 heterocycles. The summed E-state index contributed by atoms with van der Waals surface area (Å²) in [5, 5.41) is 8.86. The zero-order valence-corrected chi connectivity index (χ0v) is 12.8. The van der Waals surface area contributed by atoms with E-state index in [9.17, 15) is 0 Å². The molecule has 1 saturated carbocycles. The highest BCUT2D eigenvalue weighted by Gasteiger charge is 2.25. The van der Waals surface area contributed by atoms with Gasteiger partial charge < -0.3 is 0 Å². The van der Waals surface area contributed by atoms with Crippen molar-refractivity contribution in [1.82, 2.24) is 0 Å². The van der Waals surface area contributed by atoms with Crippen LogP contribution >= 0.6 is 0 Å². The molecule has 1 nitrogen and oxygen atoms in total. The van der Waals surface area contributed by atoms with E-state index in [4.69, 9.17) is 5.26 Å². The van der Waals surface area contributed by atoms with Crippen molar-refractivity contribution >= 4 is 5.57 Å². The molecular formula is C20H23N. The van der Waals surface area contributed by atoms with E-state index >= 15 is 0 Å². The van der Waals surface area contributed by atoms with Gasteiger partial charge in [-0.3, -0.25) is 0 Å². The molecule has 1 aromatic carbocycles. The largest absolute Gasteiger partial charge is 0.192 e. The van der Waals surface area contributed by atoms with E-state index in [0.717, 1.165) is 23.3 Å². The average Bonchev–Trinajstić information content (AvgIpc) is 2.56. The number of rotatable bonds is 2. The van der Waals surface area contributed by atoms with Gasteiger partial charge in [0.15, 0.2) is 0 Å². The number of benzene rings is 1. The van der Waals surface area contributed by atoms with Crippen LogP contribution in [0.15, 0.2) is 42.5 Å². The first-order valence-corrected chi connectivity index (χ1v) is 8.15. The summed E-state index contributed by atoms with van der Waals surface area (Å²) in [7, 11) is 0. The second-order valence-corrected chi connectivity index (χ2v) is 6.63. The molecule has 2 aliphatic carbocycles. The molecule has 3 rings (SSSR count). The molecule has 0 N–H and O–H groups in total. The van der Waals surface area contributed by atoms with Gasteiger partial charge in [0, 0.05) is 0 Å². The molecule has 2 aliphatic rings. The monoisotopic (exact) mass is 277 g/mol. The van der Waals surface area contributed by atoms with Gasteiger partial charge in [0.2, 0.25) is 0 Å². The van der Waals surface area contributed by atoms with E-state index in [-0.39, 0.29) is 0 Å². The van der Waals surface area contributed by atoms with Crippen molar-refractivity contribution in [3.05, 3.63) is 53.6 Å². The van der Waals surface area contributed by atoms with Gasteiger partial charge in [-0.05, 0) is 60.3 Å². The highest BCUT2D eigenvalue weighted by molar-refractivity contribution is 5.75. The predicted molar refractivity (Wildman–Crippen MR) is 87.5 cm³/mol. The molecule has 1 unspecified atom stereocenters. The van der Waals surface area contributed by atoms with Gasteiger partial charge in [-0.1, -0.05) is 50.1 Å². The van der Waals surface area contributed by atoms with Gasteiger partial charge in [0.25, 0.3) is 0 Å². The van der Waals surface area contributed by atoms with Crippen LogP contribution in [-0.4, -0.2) is 0 Å². The summed E-state index contributed by atoms with van der Waals surface area (Å²) < 4.78 is 0. The normalized spacial score (nSPS) is 28.8. The molecule has 0 saturated heterocycles. The van der Waals surface area contributed by atoms with E-state index < -0.39 is 0 Å². The van der Waals surface area contributed by atoms with Crippen LogP contribution in [0.1, 0.15) is 50.2 Å². The lowest BCUT2D eigenvalue weighted by Gasteiger charge is -2.32. The third kappa shape index (κ3) is 3.27. The van der Waals surface area contributed by atoms with Crippen LogP contribution in [0.3, 0.4) is 0 Å². The zero-order chi connectivity index (χ0) is 14.7. The van der Waals surface area contributed by atoms with E-state index in [1.165, 1.54) is 43.2 Å². The molecule has 1 fully saturated rings. The smallest absolute Gasteiger partial charge is 0.0991 e. The number of nitrogens with zero attached hydrogens (tertiary/aromatic N) is 1. The standard InChI is InChI=1S/C20H23N/c1-15-2-6-17(7-3-15)19-10-12-20(13-11-19)18-8-4-16(14-21)5-9-18/h4-5,8-10,12-13,15,17,19H,2-3,6-7,11H2,1H3. The maximum Gasteiger partial charge on any atom is 0.0991 e. The van der Waals surface area contributed by atoms with Crippen molar-refractivity contribution in [2.24, 2.45) is 17.8 Å². The quantitative estimate of drug-likeness (QED) is 0.715. The minimum Gasteiger partial charge on any atom is -0.192 e. The molecule has 0 aromatic heterocycles. The molecule has 1 atom stereocenters. The van der Waals surface area contributed by atoms with E-state index in [2.05, 4.69) is 43.4 Å². The average molecular weight is 277 g/mol. The lowest BCUT2D eigenvalue weighted by molar-refractivity contribution is 0.240. The Morgan fingerprint density at radius 3 is 2.33 bits per heavy atom. The van der Waals surface area contributed by atoms with Gasteiger partial charge in [0.1, 0.15) is 0 Å². The van der Waals surface area contributed by atoms with Gasteiger partial charge in [0.05, 0.1) is 11.6 Å². The molecular weight excluding hydrogens is 254 g/mol. The van der Waals surface area contributed by atoms with Crippen molar-refractivity contribution in [2.75, 3.05) is 0 Å². The van der Waals surface area contributed by atoms with Gasteiger partial charge in [-0.2, -0.15) is 5.26 Å². The number of hydrogen-bond acceptors (Lipinski definition) is 1. The van der Waals surface area contributed by atoms with E-state index in [0.29, 0.717) is 0 Å². The second kappa shape index (κ2) is 6.31. The SMILES string of the molecule is CC1CCC(C2C=CC(c3ccc(C#N)cc3)=CC2)CC1. The molecule has 1 heteroatoms. The number of nitriles is 1. The fourth-order valence-corrected chi connectivity index (χ4v) is 3.65. The van der Waals surface area contributed by atoms with Gasteiger partial charge in [-0.15, -0.1) is 0 Å². The van der Waals surface area contributed by atoms with Crippen LogP contribution in [-0.2, 0) is 0 Å². The maximum absolute atomic E-state index is 8.86. The fraction of sp³-hybridized carbons (Fsp3) is 0.450. The number of hydrogen-bond donors (Lipinski definition) is 0. The van der Waals surface area contributed by atoms with Crippen LogP contribution in [0, 0.1) is 29.1 Å². The molecule has 0 aliphatic heterocycles. The Labute approximate surface area is 128 Å². The fourth-order valence-electron chi connectivity index (χ4n) is 3.65. The molecule has 1 aromatic rings. The van der Waals surface area contributed by atoms with Crippen molar-refractivity contribution in [2.45, 2.75) is 39.0 Å². The molecule has 108 valence electrons. The second-order valence-electron chi connectivity index (χ2n) is 6.63. The molecule has 21 heavy (non-hydrogen) atoms. The highest BCUT2D eigenvalue weighted by atomic mass is 14.3. The summed E-state index contributed by atoms with van der Waals surface area (Å²) in [5.41, 5.74) is 3.26. The van der Waals surface area contributed by atoms with Crippen LogP contribution in [0.5, 0.6) is 0 Å². The molecule has 0 spiro atoms. The Morgan fingerprint density at radius 1 is 1.05 bits per heavy atom. The van der Waals surface area contributed by atoms with Crippen LogP contribution in [0.4, 0.5) is 0 Å². The van der Waals surface area contributed by atoms with Crippen LogP contribution in [0.2, 0.25) is 0 Å². The Hall–Kier alpha value is -1.81. The summed E-state index contributed by atoms with van der Waals surface area (Å²) >= 11 is 0. The third-order valence-electron chi connectivity index (χ3n) is 5.15. The van der Waals surface area contributed by atoms with E-state index in [1.54, 1.807) is 0 Å². The van der Waals surface area contributed by atoms with Crippen LogP contribution < -0.4 is 0 Å². The van der Waals surface area contributed by atoms with Crippen molar-refractivity contribution in [1.29, 1.82) is 5.26 Å². The van der Waals surface area contributed by atoms with Crippen molar-refractivity contribution in [3.63, 3.8) is 0 Å². The predicted octanol–water partition coefficient (Wildman–Crippen LogP) is 5.34. The lowest BCUT2D eigenvalue weighted by atomic mass is 9.74. The summed E-state index contributed by atoms with van der Waals surface area (Å²) in [5.74, 6) is 2.55. The Bertz CT molecular complexity index is 577. The lowest BCUT2D eigenvalue weighted by Crippen LogP contribution is -2.20. The number of allylic oxidation sites excluding steroid dienone is 4. The molecule has 0 amide bonds. The van der Waals surface area contributed by atoms with Crippen LogP contribution in [0.25, 0.3) is 5.57 Å². The van der Waals surface area contributed by atoms with Gasteiger partial charge >= 0.3 is 0 Å². The Morgan fingerprint density at radius 2 is 1.76 bits per heavy atom.